The molecule has 0 aromatic heterocycles. The number of rotatable bonds is 4. The number of amides is 1. The first-order valence-electron chi connectivity index (χ1n) is 8.99. The summed E-state index contributed by atoms with van der Waals surface area (Å²) in [6.07, 6.45) is 9.16. The molecule has 3 heterocycles. The highest BCUT2D eigenvalue weighted by molar-refractivity contribution is 5.83. The Bertz CT molecular complexity index is 360. The molecule has 2 atom stereocenters. The van der Waals surface area contributed by atoms with Gasteiger partial charge in [0, 0.05) is 18.6 Å². The van der Waals surface area contributed by atoms with Gasteiger partial charge in [-0.1, -0.05) is 13.3 Å². The van der Waals surface area contributed by atoms with Gasteiger partial charge in [0.25, 0.3) is 0 Å². The fourth-order valence-electron chi connectivity index (χ4n) is 4.67. The van der Waals surface area contributed by atoms with E-state index in [1.807, 2.05) is 0 Å². The predicted octanol–water partition coefficient (Wildman–Crippen LogP) is 1.90. The third-order valence-electron chi connectivity index (χ3n) is 5.93. The van der Waals surface area contributed by atoms with Crippen molar-refractivity contribution in [3.63, 3.8) is 0 Å². The van der Waals surface area contributed by atoms with Crippen LogP contribution in [-0.2, 0) is 4.79 Å². The Morgan fingerprint density at radius 1 is 1.29 bits per heavy atom. The molecule has 0 bridgehead atoms. The summed E-state index contributed by atoms with van der Waals surface area (Å²) in [5.74, 6) is 0.349. The minimum atomic E-state index is -0.0905. The Kier molecular flexibility index (Phi) is 4.85. The van der Waals surface area contributed by atoms with E-state index >= 15 is 0 Å². The van der Waals surface area contributed by atoms with E-state index < -0.39 is 0 Å². The number of carbonyl (C=O) groups excluding carboxylic acids is 1. The average molecular weight is 293 g/mol. The van der Waals surface area contributed by atoms with E-state index in [-0.39, 0.29) is 5.41 Å². The Labute approximate surface area is 129 Å². The summed E-state index contributed by atoms with van der Waals surface area (Å²) in [4.78, 5) is 15.5. The SMILES string of the molecule is CCCC1(C(=O)NC2CCN3CCCC3C2)CCNCC1. The second-order valence-electron chi connectivity index (χ2n) is 7.31. The molecule has 21 heavy (non-hydrogen) atoms. The maximum Gasteiger partial charge on any atom is 0.226 e. The van der Waals surface area contributed by atoms with Crippen molar-refractivity contribution in [1.29, 1.82) is 0 Å². The van der Waals surface area contributed by atoms with Crippen molar-refractivity contribution in [1.82, 2.24) is 15.5 Å². The summed E-state index contributed by atoms with van der Waals surface area (Å²) in [6.45, 7) is 6.64. The van der Waals surface area contributed by atoms with Gasteiger partial charge in [0.2, 0.25) is 5.91 Å². The monoisotopic (exact) mass is 293 g/mol. The van der Waals surface area contributed by atoms with Crippen LogP contribution in [0.1, 0.15) is 58.3 Å². The fraction of sp³-hybridized carbons (Fsp3) is 0.941. The summed E-state index contributed by atoms with van der Waals surface area (Å²) >= 11 is 0. The zero-order valence-corrected chi connectivity index (χ0v) is 13.5. The molecule has 3 rings (SSSR count). The summed E-state index contributed by atoms with van der Waals surface area (Å²) in [7, 11) is 0. The molecule has 2 N–H and O–H groups in total. The van der Waals surface area contributed by atoms with E-state index in [2.05, 4.69) is 22.5 Å². The highest BCUT2D eigenvalue weighted by Crippen LogP contribution is 2.35. The lowest BCUT2D eigenvalue weighted by atomic mass is 9.74. The lowest BCUT2D eigenvalue weighted by Crippen LogP contribution is -2.53. The molecule has 4 nitrogen and oxygen atoms in total. The number of carbonyl (C=O) groups is 1. The van der Waals surface area contributed by atoms with Gasteiger partial charge in [0.05, 0.1) is 5.41 Å². The van der Waals surface area contributed by atoms with Crippen LogP contribution in [-0.4, -0.2) is 49.1 Å². The first-order chi connectivity index (χ1) is 10.2. The van der Waals surface area contributed by atoms with E-state index in [4.69, 9.17) is 0 Å². The number of hydrogen-bond acceptors (Lipinski definition) is 3. The Hall–Kier alpha value is -0.610. The van der Waals surface area contributed by atoms with E-state index in [0.29, 0.717) is 11.9 Å². The van der Waals surface area contributed by atoms with Crippen molar-refractivity contribution in [2.75, 3.05) is 26.2 Å². The first kappa shape index (κ1) is 15.3. The van der Waals surface area contributed by atoms with Crippen LogP contribution < -0.4 is 10.6 Å². The van der Waals surface area contributed by atoms with E-state index in [1.54, 1.807) is 0 Å². The molecule has 0 saturated carbocycles. The second-order valence-corrected chi connectivity index (χ2v) is 7.31. The van der Waals surface area contributed by atoms with Crippen LogP contribution in [0.4, 0.5) is 0 Å². The molecule has 3 aliphatic rings. The molecule has 4 heteroatoms. The molecular weight excluding hydrogens is 262 g/mol. The van der Waals surface area contributed by atoms with Gasteiger partial charge < -0.3 is 15.5 Å². The van der Waals surface area contributed by atoms with Gasteiger partial charge in [-0.3, -0.25) is 4.79 Å². The Morgan fingerprint density at radius 2 is 2.10 bits per heavy atom. The standard InChI is InChI=1S/C17H31N3O/c1-2-6-17(7-9-18-10-8-17)16(21)19-14-5-12-20-11-3-4-15(20)13-14/h14-15,18H,2-13H2,1H3,(H,19,21). The lowest BCUT2D eigenvalue weighted by Gasteiger charge is -2.40. The summed E-state index contributed by atoms with van der Waals surface area (Å²) in [5.41, 5.74) is -0.0905. The van der Waals surface area contributed by atoms with Crippen molar-refractivity contribution in [2.45, 2.75) is 70.4 Å². The molecule has 3 aliphatic heterocycles. The van der Waals surface area contributed by atoms with E-state index in [0.717, 1.165) is 51.2 Å². The molecule has 120 valence electrons. The Balaban J connectivity index is 1.59. The summed E-state index contributed by atoms with van der Waals surface area (Å²) in [6, 6.07) is 1.15. The molecule has 0 spiro atoms. The normalized spacial score (nSPS) is 32.6. The molecule has 3 fully saturated rings. The van der Waals surface area contributed by atoms with E-state index in [1.165, 1.54) is 32.4 Å². The quantitative estimate of drug-likeness (QED) is 0.832. The molecule has 2 unspecified atom stereocenters. The minimum absolute atomic E-state index is 0.0905. The van der Waals surface area contributed by atoms with Crippen LogP contribution in [0.2, 0.25) is 0 Å². The van der Waals surface area contributed by atoms with Crippen molar-refractivity contribution < 1.29 is 4.79 Å². The van der Waals surface area contributed by atoms with Crippen LogP contribution in [0.15, 0.2) is 0 Å². The maximum absolute atomic E-state index is 12.9. The largest absolute Gasteiger partial charge is 0.353 e. The van der Waals surface area contributed by atoms with Crippen LogP contribution in [0, 0.1) is 5.41 Å². The van der Waals surface area contributed by atoms with Gasteiger partial charge in [-0.05, 0) is 64.6 Å². The van der Waals surface area contributed by atoms with Crippen LogP contribution >= 0.6 is 0 Å². The third-order valence-corrected chi connectivity index (χ3v) is 5.93. The molecule has 3 saturated heterocycles. The summed E-state index contributed by atoms with van der Waals surface area (Å²) in [5, 5.41) is 6.83. The third kappa shape index (κ3) is 3.26. The zero-order valence-electron chi connectivity index (χ0n) is 13.5. The average Bonchev–Trinajstić information content (AvgIpc) is 2.96. The fourth-order valence-corrected chi connectivity index (χ4v) is 4.67. The van der Waals surface area contributed by atoms with Crippen LogP contribution in [0.3, 0.4) is 0 Å². The van der Waals surface area contributed by atoms with Crippen molar-refractivity contribution in [3.05, 3.63) is 0 Å². The van der Waals surface area contributed by atoms with Crippen molar-refractivity contribution in [2.24, 2.45) is 5.41 Å². The maximum atomic E-state index is 12.9. The van der Waals surface area contributed by atoms with Crippen LogP contribution in [0.5, 0.6) is 0 Å². The van der Waals surface area contributed by atoms with Crippen LogP contribution in [0.25, 0.3) is 0 Å². The Morgan fingerprint density at radius 3 is 2.86 bits per heavy atom. The van der Waals surface area contributed by atoms with Gasteiger partial charge >= 0.3 is 0 Å². The van der Waals surface area contributed by atoms with Crippen molar-refractivity contribution in [3.8, 4) is 0 Å². The number of nitrogens with zero attached hydrogens (tertiary/aromatic N) is 1. The smallest absolute Gasteiger partial charge is 0.226 e. The van der Waals surface area contributed by atoms with Gasteiger partial charge in [-0.15, -0.1) is 0 Å². The van der Waals surface area contributed by atoms with Gasteiger partial charge in [0.1, 0.15) is 0 Å². The van der Waals surface area contributed by atoms with Gasteiger partial charge in [-0.25, -0.2) is 0 Å². The minimum Gasteiger partial charge on any atom is -0.353 e. The van der Waals surface area contributed by atoms with Gasteiger partial charge in [-0.2, -0.15) is 0 Å². The zero-order chi connectivity index (χ0) is 14.7. The highest BCUT2D eigenvalue weighted by atomic mass is 16.2. The second kappa shape index (κ2) is 6.66. The lowest BCUT2D eigenvalue weighted by molar-refractivity contribution is -0.134. The topological polar surface area (TPSA) is 44.4 Å². The molecular formula is C17H31N3O. The molecule has 0 aliphatic carbocycles. The number of piperidine rings is 2. The molecule has 0 aromatic carbocycles. The van der Waals surface area contributed by atoms with Crippen molar-refractivity contribution >= 4 is 5.91 Å². The van der Waals surface area contributed by atoms with E-state index in [9.17, 15) is 4.79 Å². The number of fused-ring (bicyclic) bond motifs is 1. The molecule has 0 radical (unpaired) electrons. The molecule has 0 aromatic rings. The predicted molar refractivity (Wildman–Crippen MR) is 85.2 cm³/mol. The molecule has 1 amide bonds. The summed E-state index contributed by atoms with van der Waals surface area (Å²) < 4.78 is 0. The number of nitrogens with one attached hydrogen (secondary N) is 2. The highest BCUT2D eigenvalue weighted by Gasteiger charge is 2.40. The van der Waals surface area contributed by atoms with Gasteiger partial charge in [0.15, 0.2) is 0 Å². The number of hydrogen-bond donors (Lipinski definition) is 2. The first-order valence-corrected chi connectivity index (χ1v) is 8.99.